The fourth-order valence-electron chi connectivity index (χ4n) is 5.50. The largest absolute Gasteiger partial charge is 0.488 e. The summed E-state index contributed by atoms with van der Waals surface area (Å²) in [5.74, 6) is 1.47. The number of anilines is 2. The summed E-state index contributed by atoms with van der Waals surface area (Å²) in [5.41, 5.74) is 11.0. The molecule has 0 atom stereocenters. The summed E-state index contributed by atoms with van der Waals surface area (Å²) in [6, 6.07) is 4.82. The van der Waals surface area contributed by atoms with Gasteiger partial charge in [0.25, 0.3) is 0 Å². The number of nitrogens with zero attached hydrogens (tertiary/aromatic N) is 2. The number of ether oxygens (including phenoxy) is 2. The normalized spacial score (nSPS) is 22.7. The molecule has 2 saturated carbocycles. The second-order valence-corrected chi connectivity index (χ2v) is 12.2. The Hall–Kier alpha value is -3.03. The van der Waals surface area contributed by atoms with Crippen LogP contribution >= 0.6 is 0 Å². The molecule has 0 radical (unpaired) electrons. The average Bonchev–Trinajstić information content (AvgIpc) is 3.59. The molecule has 8 nitrogen and oxygen atoms in total. The van der Waals surface area contributed by atoms with Crippen LogP contribution < -0.4 is 21.1 Å². The Labute approximate surface area is 213 Å². The molecule has 1 aromatic heterocycles. The standard InChI is InChI=1S/C28H39N5O3/c1-27(2,3)36-26(34)33-17-8-10-18(11-9-17)35-21-13-12-19-20(23(21)32-16-6-7-16)14-28(4,5)22-24(19)30-15-31-25(22)29/h12-13,15-18,32H,6-11,14H2,1-5H3,(H,33,34)(H2,29,30,31). The molecule has 2 aromatic rings. The third kappa shape index (κ3) is 5.22. The molecule has 5 rings (SSSR count). The Morgan fingerprint density at radius 1 is 1.06 bits per heavy atom. The number of nitrogens with one attached hydrogen (secondary N) is 2. The van der Waals surface area contributed by atoms with Gasteiger partial charge in [-0.1, -0.05) is 13.8 Å². The Morgan fingerprint density at radius 2 is 1.75 bits per heavy atom. The number of benzene rings is 1. The SMILES string of the molecule is CC(C)(C)OC(=O)NC1CCC(Oc2ccc3c(c2NC2CC2)CC(C)(C)c2c(N)ncnc2-3)CC1. The number of nitrogens with two attached hydrogens (primary N) is 1. The Balaban J connectivity index is 1.34. The molecule has 3 aliphatic rings. The molecule has 0 bridgehead atoms. The van der Waals surface area contributed by atoms with Crippen LogP contribution in [-0.2, 0) is 16.6 Å². The minimum atomic E-state index is -0.491. The van der Waals surface area contributed by atoms with Crippen molar-refractivity contribution in [3.05, 3.63) is 29.6 Å². The van der Waals surface area contributed by atoms with Crippen molar-refractivity contribution >= 4 is 17.6 Å². The zero-order valence-electron chi connectivity index (χ0n) is 22.1. The first-order valence-corrected chi connectivity index (χ1v) is 13.2. The number of hydrogen-bond donors (Lipinski definition) is 3. The number of nitrogen functional groups attached to an aromatic ring is 1. The third-order valence-corrected chi connectivity index (χ3v) is 7.32. The number of rotatable bonds is 5. The molecule has 0 unspecified atom stereocenters. The van der Waals surface area contributed by atoms with Crippen molar-refractivity contribution < 1.29 is 14.3 Å². The maximum absolute atomic E-state index is 12.2. The number of hydrogen-bond acceptors (Lipinski definition) is 7. The highest BCUT2D eigenvalue weighted by Crippen LogP contribution is 2.49. The van der Waals surface area contributed by atoms with Crippen molar-refractivity contribution in [2.24, 2.45) is 0 Å². The fraction of sp³-hybridized carbons (Fsp3) is 0.607. The van der Waals surface area contributed by atoms with E-state index in [4.69, 9.17) is 15.2 Å². The van der Waals surface area contributed by atoms with E-state index in [0.29, 0.717) is 11.9 Å². The van der Waals surface area contributed by atoms with Gasteiger partial charge in [0.2, 0.25) is 0 Å². The van der Waals surface area contributed by atoms with Crippen LogP contribution in [0.1, 0.15) is 84.3 Å². The molecule has 0 saturated heterocycles. The van der Waals surface area contributed by atoms with E-state index in [1.54, 1.807) is 6.33 Å². The molecule has 194 valence electrons. The van der Waals surface area contributed by atoms with Crippen LogP contribution in [0.15, 0.2) is 18.5 Å². The highest BCUT2D eigenvalue weighted by Gasteiger charge is 2.38. The van der Waals surface area contributed by atoms with E-state index in [0.717, 1.165) is 60.4 Å². The van der Waals surface area contributed by atoms with Crippen LogP contribution in [0.2, 0.25) is 0 Å². The lowest BCUT2D eigenvalue weighted by atomic mass is 9.71. The fourth-order valence-corrected chi connectivity index (χ4v) is 5.50. The number of fused-ring (bicyclic) bond motifs is 3. The third-order valence-electron chi connectivity index (χ3n) is 7.32. The van der Waals surface area contributed by atoms with Gasteiger partial charge >= 0.3 is 6.09 Å². The molecule has 0 spiro atoms. The Kier molecular flexibility index (Phi) is 6.25. The molecule has 1 aromatic carbocycles. The minimum absolute atomic E-state index is 0.112. The molecule has 2 fully saturated rings. The van der Waals surface area contributed by atoms with Gasteiger partial charge in [0.15, 0.2) is 0 Å². The van der Waals surface area contributed by atoms with Crippen molar-refractivity contribution in [2.45, 2.75) is 109 Å². The first kappa shape index (κ1) is 24.7. The number of aromatic nitrogens is 2. The van der Waals surface area contributed by atoms with Crippen molar-refractivity contribution in [3.63, 3.8) is 0 Å². The van der Waals surface area contributed by atoms with Gasteiger partial charge in [-0.25, -0.2) is 14.8 Å². The molecule has 36 heavy (non-hydrogen) atoms. The highest BCUT2D eigenvalue weighted by molar-refractivity contribution is 5.83. The molecule has 0 aliphatic heterocycles. The Bertz CT molecular complexity index is 1140. The topological polar surface area (TPSA) is 111 Å². The summed E-state index contributed by atoms with van der Waals surface area (Å²) in [7, 11) is 0. The first-order chi connectivity index (χ1) is 17.0. The maximum atomic E-state index is 12.2. The predicted molar refractivity (Wildman–Crippen MR) is 141 cm³/mol. The van der Waals surface area contributed by atoms with Gasteiger partial charge in [0.1, 0.15) is 23.5 Å². The zero-order chi connectivity index (χ0) is 25.7. The quantitative estimate of drug-likeness (QED) is 0.515. The first-order valence-electron chi connectivity index (χ1n) is 13.2. The summed E-state index contributed by atoms with van der Waals surface area (Å²) >= 11 is 0. The van der Waals surface area contributed by atoms with Crippen LogP contribution in [0.3, 0.4) is 0 Å². The average molecular weight is 494 g/mol. The van der Waals surface area contributed by atoms with Gasteiger partial charge in [0, 0.05) is 23.2 Å². The number of amides is 1. The molecule has 3 aliphatic carbocycles. The van der Waals surface area contributed by atoms with Gasteiger partial charge in [-0.05, 0) is 88.8 Å². The summed E-state index contributed by atoms with van der Waals surface area (Å²) in [4.78, 5) is 21.1. The van der Waals surface area contributed by atoms with Crippen LogP contribution in [0.5, 0.6) is 5.75 Å². The van der Waals surface area contributed by atoms with Crippen molar-refractivity contribution in [1.29, 1.82) is 0 Å². The van der Waals surface area contributed by atoms with Gasteiger partial charge in [0.05, 0.1) is 17.5 Å². The predicted octanol–water partition coefficient (Wildman–Crippen LogP) is 5.35. The lowest BCUT2D eigenvalue weighted by molar-refractivity contribution is 0.0471. The van der Waals surface area contributed by atoms with E-state index < -0.39 is 5.60 Å². The molecular weight excluding hydrogens is 454 g/mol. The lowest BCUT2D eigenvalue weighted by Gasteiger charge is -2.36. The van der Waals surface area contributed by atoms with Crippen LogP contribution in [0, 0.1) is 0 Å². The smallest absolute Gasteiger partial charge is 0.407 e. The van der Waals surface area contributed by atoms with Crippen LogP contribution in [-0.4, -0.2) is 39.8 Å². The van der Waals surface area contributed by atoms with Gasteiger partial charge in [-0.15, -0.1) is 0 Å². The molecular formula is C28H39N5O3. The van der Waals surface area contributed by atoms with Crippen LogP contribution in [0.25, 0.3) is 11.3 Å². The summed E-state index contributed by atoms with van der Waals surface area (Å²) in [6.07, 6.45) is 8.04. The Morgan fingerprint density at radius 3 is 2.42 bits per heavy atom. The van der Waals surface area contributed by atoms with Gasteiger partial charge in [-0.2, -0.15) is 0 Å². The van der Waals surface area contributed by atoms with Gasteiger partial charge in [-0.3, -0.25) is 0 Å². The second-order valence-electron chi connectivity index (χ2n) is 12.2. The van der Waals surface area contributed by atoms with E-state index >= 15 is 0 Å². The van der Waals surface area contributed by atoms with Crippen molar-refractivity contribution in [1.82, 2.24) is 15.3 Å². The number of carbonyl (C=O) groups is 1. The second kappa shape index (κ2) is 9.12. The summed E-state index contributed by atoms with van der Waals surface area (Å²) in [5, 5.41) is 6.79. The molecule has 1 amide bonds. The van der Waals surface area contributed by atoms with E-state index in [9.17, 15) is 4.79 Å². The lowest BCUT2D eigenvalue weighted by Crippen LogP contribution is -2.42. The number of alkyl carbamates (subject to hydrolysis) is 1. The minimum Gasteiger partial charge on any atom is -0.488 e. The van der Waals surface area contributed by atoms with Crippen molar-refractivity contribution in [2.75, 3.05) is 11.1 Å². The summed E-state index contributed by atoms with van der Waals surface area (Å²) < 4.78 is 12.0. The number of carbonyl (C=O) groups excluding carboxylic acids is 1. The summed E-state index contributed by atoms with van der Waals surface area (Å²) in [6.45, 7) is 10.1. The van der Waals surface area contributed by atoms with Gasteiger partial charge < -0.3 is 25.8 Å². The molecule has 8 heteroatoms. The highest BCUT2D eigenvalue weighted by atomic mass is 16.6. The van der Waals surface area contributed by atoms with E-state index in [-0.39, 0.29) is 23.7 Å². The van der Waals surface area contributed by atoms with E-state index in [1.807, 2.05) is 20.8 Å². The zero-order valence-corrected chi connectivity index (χ0v) is 22.1. The van der Waals surface area contributed by atoms with E-state index in [1.165, 1.54) is 18.4 Å². The monoisotopic (exact) mass is 493 g/mol. The van der Waals surface area contributed by atoms with Crippen molar-refractivity contribution in [3.8, 4) is 17.0 Å². The van der Waals surface area contributed by atoms with Crippen LogP contribution in [0.4, 0.5) is 16.3 Å². The molecule has 1 heterocycles. The molecule has 4 N–H and O–H groups in total. The maximum Gasteiger partial charge on any atom is 0.407 e. The van der Waals surface area contributed by atoms with E-state index in [2.05, 4.69) is 46.6 Å².